The third-order valence-electron chi connectivity index (χ3n) is 2.44. The van der Waals surface area contributed by atoms with E-state index in [-0.39, 0.29) is 26.4 Å². The molecule has 1 heterocycles. The highest BCUT2D eigenvalue weighted by Crippen LogP contribution is 2.35. The Kier molecular flexibility index (Phi) is 4.95. The molecule has 0 radical (unpaired) electrons. The maximum absolute atomic E-state index is 12.4. The molecule has 0 fully saturated rings. The molecule has 0 aliphatic rings. The van der Waals surface area contributed by atoms with Crippen molar-refractivity contribution in [2.45, 2.75) is 4.90 Å². The van der Waals surface area contributed by atoms with Gasteiger partial charge in [0.25, 0.3) is 10.0 Å². The van der Waals surface area contributed by atoms with Crippen LogP contribution >= 0.6 is 39.1 Å². The second-order valence-electron chi connectivity index (χ2n) is 3.84. The molecule has 2 aromatic rings. The molecule has 0 unspecified atom stereocenters. The summed E-state index contributed by atoms with van der Waals surface area (Å²) in [5.41, 5.74) is 2.30. The maximum atomic E-state index is 12.4. The van der Waals surface area contributed by atoms with Crippen LogP contribution in [0.15, 0.2) is 39.8 Å². The average Bonchev–Trinajstić information content (AvgIpc) is 2.43. The zero-order valence-corrected chi connectivity index (χ0v) is 14.2. The first kappa shape index (κ1) is 16.3. The van der Waals surface area contributed by atoms with Gasteiger partial charge < -0.3 is 5.43 Å². The summed E-state index contributed by atoms with van der Waals surface area (Å²) in [4.78, 5) is 3.71. The van der Waals surface area contributed by atoms with E-state index in [1.54, 1.807) is 0 Å². The Hall–Kier alpha value is -1.06. The Morgan fingerprint density at radius 2 is 1.86 bits per heavy atom. The highest BCUT2D eigenvalue weighted by Gasteiger charge is 2.21. The lowest BCUT2D eigenvalue weighted by atomic mass is 10.3. The fraction of sp³-hybridized carbons (Fsp3) is 0. The fourth-order valence-electron chi connectivity index (χ4n) is 1.54. The number of rotatable bonds is 4. The van der Waals surface area contributed by atoms with E-state index in [0.29, 0.717) is 4.47 Å². The standard InChI is InChI=1S/C11H9BrCl2N4O2S/c12-6-4-7(13)10(8(14)5-6)18-21(19,20)9-2-1-3-16-11(9)17-15/h1-5,18H,15H2,(H,16,17). The molecule has 21 heavy (non-hydrogen) atoms. The number of nitrogens with zero attached hydrogens (tertiary/aromatic N) is 1. The number of anilines is 2. The van der Waals surface area contributed by atoms with Gasteiger partial charge in [-0.3, -0.25) is 4.72 Å². The highest BCUT2D eigenvalue weighted by molar-refractivity contribution is 9.10. The molecule has 0 bridgehead atoms. The lowest BCUT2D eigenvalue weighted by molar-refractivity contribution is 0.601. The van der Waals surface area contributed by atoms with Gasteiger partial charge in [0.1, 0.15) is 4.90 Å². The topological polar surface area (TPSA) is 97.1 Å². The van der Waals surface area contributed by atoms with Crippen molar-refractivity contribution in [2.75, 3.05) is 10.1 Å². The molecule has 0 amide bonds. The molecular weight excluding hydrogens is 403 g/mol. The number of sulfonamides is 1. The van der Waals surface area contributed by atoms with Crippen molar-refractivity contribution in [3.05, 3.63) is 45.0 Å². The highest BCUT2D eigenvalue weighted by atomic mass is 79.9. The van der Waals surface area contributed by atoms with Crippen molar-refractivity contribution in [3.63, 3.8) is 0 Å². The van der Waals surface area contributed by atoms with Crippen LogP contribution in [0.5, 0.6) is 0 Å². The van der Waals surface area contributed by atoms with E-state index in [1.807, 2.05) is 0 Å². The minimum Gasteiger partial charge on any atom is -0.307 e. The zero-order valence-electron chi connectivity index (χ0n) is 10.3. The van der Waals surface area contributed by atoms with Crippen LogP contribution in [0.4, 0.5) is 11.5 Å². The van der Waals surface area contributed by atoms with Crippen LogP contribution in [-0.4, -0.2) is 13.4 Å². The molecular formula is C11H9BrCl2N4O2S. The average molecular weight is 412 g/mol. The van der Waals surface area contributed by atoms with Crippen molar-refractivity contribution >= 4 is 60.7 Å². The van der Waals surface area contributed by atoms with Crippen LogP contribution < -0.4 is 16.0 Å². The van der Waals surface area contributed by atoms with Gasteiger partial charge in [0.15, 0.2) is 5.82 Å². The number of benzene rings is 1. The number of halogens is 3. The smallest absolute Gasteiger partial charge is 0.265 e. The van der Waals surface area contributed by atoms with E-state index in [0.717, 1.165) is 0 Å². The van der Waals surface area contributed by atoms with Crippen molar-refractivity contribution in [1.29, 1.82) is 0 Å². The predicted molar refractivity (Wildman–Crippen MR) is 87.0 cm³/mol. The molecule has 0 saturated heterocycles. The first-order valence-corrected chi connectivity index (χ1v) is 8.47. The van der Waals surface area contributed by atoms with Crippen molar-refractivity contribution in [1.82, 2.24) is 4.98 Å². The third-order valence-corrected chi connectivity index (χ3v) is 4.88. The molecule has 0 spiro atoms. The molecule has 1 aromatic heterocycles. The van der Waals surface area contributed by atoms with Gasteiger partial charge in [0.2, 0.25) is 0 Å². The fourth-order valence-corrected chi connectivity index (χ4v) is 4.18. The van der Waals surface area contributed by atoms with Gasteiger partial charge in [-0.25, -0.2) is 19.2 Å². The Bertz CT molecular complexity index is 763. The maximum Gasteiger partial charge on any atom is 0.265 e. The van der Waals surface area contributed by atoms with Crippen LogP contribution in [0.2, 0.25) is 10.0 Å². The van der Waals surface area contributed by atoms with Gasteiger partial charge in [-0.2, -0.15) is 0 Å². The van der Waals surface area contributed by atoms with Gasteiger partial charge in [-0.1, -0.05) is 39.1 Å². The normalized spacial score (nSPS) is 11.2. The first-order valence-electron chi connectivity index (χ1n) is 5.44. The zero-order chi connectivity index (χ0) is 15.6. The third kappa shape index (κ3) is 3.58. The lowest BCUT2D eigenvalue weighted by Gasteiger charge is -2.13. The largest absolute Gasteiger partial charge is 0.307 e. The Morgan fingerprint density at radius 3 is 2.43 bits per heavy atom. The Balaban J connectivity index is 2.48. The number of hydrogen-bond acceptors (Lipinski definition) is 5. The molecule has 0 atom stereocenters. The summed E-state index contributed by atoms with van der Waals surface area (Å²) in [6, 6.07) is 5.87. The van der Waals surface area contributed by atoms with Gasteiger partial charge in [0.05, 0.1) is 15.7 Å². The van der Waals surface area contributed by atoms with Crippen molar-refractivity contribution in [3.8, 4) is 0 Å². The predicted octanol–water partition coefficient (Wildman–Crippen LogP) is 3.24. The van der Waals surface area contributed by atoms with Gasteiger partial charge in [-0.15, -0.1) is 0 Å². The van der Waals surface area contributed by atoms with Crippen LogP contribution in [0.25, 0.3) is 0 Å². The number of pyridine rings is 1. The molecule has 0 aliphatic carbocycles. The second-order valence-corrected chi connectivity index (χ2v) is 7.23. The number of aromatic nitrogens is 1. The summed E-state index contributed by atoms with van der Waals surface area (Å²) < 4.78 is 27.7. The van der Waals surface area contributed by atoms with Gasteiger partial charge >= 0.3 is 0 Å². The van der Waals surface area contributed by atoms with Crippen molar-refractivity contribution in [2.24, 2.45) is 5.84 Å². The minimum absolute atomic E-state index is 0.00866. The van der Waals surface area contributed by atoms with E-state index in [1.165, 1.54) is 30.5 Å². The summed E-state index contributed by atoms with van der Waals surface area (Å²) in [6.45, 7) is 0. The molecule has 4 N–H and O–H groups in total. The monoisotopic (exact) mass is 410 g/mol. The van der Waals surface area contributed by atoms with Gasteiger partial charge in [-0.05, 0) is 24.3 Å². The van der Waals surface area contributed by atoms with E-state index in [9.17, 15) is 8.42 Å². The Labute approximate surface area is 139 Å². The molecule has 10 heteroatoms. The summed E-state index contributed by atoms with van der Waals surface area (Å²) in [6.07, 6.45) is 1.41. The quantitative estimate of drug-likeness (QED) is 0.530. The molecule has 0 saturated carbocycles. The first-order chi connectivity index (χ1) is 9.85. The van der Waals surface area contributed by atoms with E-state index < -0.39 is 10.0 Å². The van der Waals surface area contributed by atoms with Crippen molar-refractivity contribution < 1.29 is 8.42 Å². The number of nitrogens with one attached hydrogen (secondary N) is 2. The van der Waals surface area contributed by atoms with Crippen LogP contribution in [-0.2, 0) is 10.0 Å². The SMILES string of the molecule is NNc1ncccc1S(=O)(=O)Nc1c(Cl)cc(Br)cc1Cl. The van der Waals surface area contributed by atoms with E-state index >= 15 is 0 Å². The molecule has 6 nitrogen and oxygen atoms in total. The minimum atomic E-state index is -3.95. The number of nitrogen functional groups attached to an aromatic ring is 1. The Morgan fingerprint density at radius 1 is 1.24 bits per heavy atom. The summed E-state index contributed by atoms with van der Waals surface area (Å²) >= 11 is 15.2. The molecule has 0 aliphatic heterocycles. The van der Waals surface area contributed by atoms with Crippen LogP contribution in [0.1, 0.15) is 0 Å². The summed E-state index contributed by atoms with van der Waals surface area (Å²) in [5, 5.41) is 0.313. The van der Waals surface area contributed by atoms with E-state index in [4.69, 9.17) is 29.0 Å². The summed E-state index contributed by atoms with van der Waals surface area (Å²) in [5.74, 6) is 5.27. The molecule has 112 valence electrons. The molecule has 1 aromatic carbocycles. The molecule has 2 rings (SSSR count). The number of hydrazine groups is 1. The van der Waals surface area contributed by atoms with E-state index in [2.05, 4.69) is 31.1 Å². The number of hydrogen-bond donors (Lipinski definition) is 3. The summed E-state index contributed by atoms with van der Waals surface area (Å²) in [7, 11) is -3.95. The lowest BCUT2D eigenvalue weighted by Crippen LogP contribution is -2.18. The van der Waals surface area contributed by atoms with Crippen LogP contribution in [0, 0.1) is 0 Å². The second kappa shape index (κ2) is 6.37. The van der Waals surface area contributed by atoms with Gasteiger partial charge in [0, 0.05) is 10.7 Å². The number of nitrogens with two attached hydrogens (primary N) is 1. The van der Waals surface area contributed by atoms with Crippen LogP contribution in [0.3, 0.4) is 0 Å².